The summed E-state index contributed by atoms with van der Waals surface area (Å²) in [6.45, 7) is 1.99. The van der Waals surface area contributed by atoms with Gasteiger partial charge in [-0.25, -0.2) is 4.98 Å². The summed E-state index contributed by atoms with van der Waals surface area (Å²) in [5, 5.41) is 0. The van der Waals surface area contributed by atoms with E-state index in [1.165, 1.54) is 0 Å². The van der Waals surface area contributed by atoms with Crippen molar-refractivity contribution in [1.29, 1.82) is 0 Å². The summed E-state index contributed by atoms with van der Waals surface area (Å²) in [6.07, 6.45) is 0. The predicted molar refractivity (Wildman–Crippen MR) is 69.7 cm³/mol. The first-order valence-corrected chi connectivity index (χ1v) is 5.95. The largest absolute Gasteiger partial charge is 0.448 e. The molecular formula is C12H10BrN3O. The molecule has 0 bridgehead atoms. The Bertz CT molecular complexity index is 699. The van der Waals surface area contributed by atoms with Crippen LogP contribution in [-0.4, -0.2) is 9.38 Å². The van der Waals surface area contributed by atoms with Crippen LogP contribution in [0.25, 0.3) is 17.1 Å². The number of anilines is 1. The highest BCUT2D eigenvalue weighted by atomic mass is 79.9. The fraction of sp³-hybridized carbons (Fsp3) is 0.0833. The van der Waals surface area contributed by atoms with Crippen molar-refractivity contribution in [3.63, 3.8) is 0 Å². The Balaban J connectivity index is 2.32. The lowest BCUT2D eigenvalue weighted by molar-refractivity contribution is 0.554. The molecule has 0 spiro atoms. The van der Waals surface area contributed by atoms with Gasteiger partial charge in [0, 0.05) is 5.69 Å². The molecule has 0 saturated carbocycles. The molecule has 0 atom stereocenters. The molecule has 3 aromatic heterocycles. The van der Waals surface area contributed by atoms with Gasteiger partial charge in [0.1, 0.15) is 17.2 Å². The molecule has 3 rings (SSSR count). The van der Waals surface area contributed by atoms with Crippen molar-refractivity contribution >= 4 is 27.4 Å². The molecule has 0 radical (unpaired) electrons. The quantitative estimate of drug-likeness (QED) is 0.749. The molecule has 2 N–H and O–H groups in total. The standard InChI is InChI=1S/C12H10BrN3O/c1-7-3-2-4-10-15-11(12(14)16(7)10)8-5-6-9(13)17-8/h2-6H,14H2,1H3. The number of furan rings is 1. The predicted octanol–water partition coefficient (Wildman–Crippen LogP) is 3.25. The molecule has 0 fully saturated rings. The van der Waals surface area contributed by atoms with Gasteiger partial charge in [-0.1, -0.05) is 6.07 Å². The number of imidazole rings is 1. The molecule has 0 aliphatic carbocycles. The SMILES string of the molecule is Cc1cccc2nc(-c3ccc(Br)o3)c(N)n12. The minimum atomic E-state index is 0.597. The lowest BCUT2D eigenvalue weighted by Gasteiger charge is -2.00. The number of aryl methyl sites for hydroxylation is 1. The summed E-state index contributed by atoms with van der Waals surface area (Å²) in [5.41, 5.74) is 8.65. The number of hydrogen-bond donors (Lipinski definition) is 1. The van der Waals surface area contributed by atoms with Crippen LogP contribution in [0.1, 0.15) is 5.69 Å². The summed E-state index contributed by atoms with van der Waals surface area (Å²) in [4.78, 5) is 4.48. The average molecular weight is 292 g/mol. The van der Waals surface area contributed by atoms with Crippen LogP contribution >= 0.6 is 15.9 Å². The van der Waals surface area contributed by atoms with Crippen molar-refractivity contribution in [3.8, 4) is 11.5 Å². The molecule has 17 heavy (non-hydrogen) atoms. The second-order valence-electron chi connectivity index (χ2n) is 3.81. The number of nitrogens with two attached hydrogens (primary N) is 1. The number of nitrogen functional groups attached to an aromatic ring is 1. The fourth-order valence-electron chi connectivity index (χ4n) is 1.90. The maximum atomic E-state index is 6.11. The Morgan fingerprint density at radius 3 is 2.76 bits per heavy atom. The Hall–Kier alpha value is -1.75. The third kappa shape index (κ3) is 1.54. The molecule has 0 aliphatic heterocycles. The molecule has 3 heterocycles. The van der Waals surface area contributed by atoms with E-state index < -0.39 is 0 Å². The second-order valence-corrected chi connectivity index (χ2v) is 4.59. The summed E-state index contributed by atoms with van der Waals surface area (Å²) in [6, 6.07) is 9.54. The summed E-state index contributed by atoms with van der Waals surface area (Å²) < 4.78 is 8.06. The van der Waals surface area contributed by atoms with E-state index in [-0.39, 0.29) is 0 Å². The molecule has 86 valence electrons. The van der Waals surface area contributed by atoms with Crippen LogP contribution in [0.2, 0.25) is 0 Å². The summed E-state index contributed by atoms with van der Waals surface area (Å²) in [5.74, 6) is 1.26. The lowest BCUT2D eigenvalue weighted by Crippen LogP contribution is -1.96. The molecule has 0 saturated heterocycles. The first kappa shape index (κ1) is 10.4. The monoisotopic (exact) mass is 291 g/mol. The molecule has 4 nitrogen and oxygen atoms in total. The zero-order valence-corrected chi connectivity index (χ0v) is 10.7. The van der Waals surface area contributed by atoms with Crippen molar-refractivity contribution < 1.29 is 4.42 Å². The molecule has 0 unspecified atom stereocenters. The zero-order valence-electron chi connectivity index (χ0n) is 9.14. The average Bonchev–Trinajstić information content (AvgIpc) is 2.84. The Morgan fingerprint density at radius 2 is 2.12 bits per heavy atom. The van der Waals surface area contributed by atoms with Crippen LogP contribution in [0.4, 0.5) is 5.82 Å². The highest BCUT2D eigenvalue weighted by Gasteiger charge is 2.15. The Morgan fingerprint density at radius 1 is 1.29 bits per heavy atom. The Labute approximate surface area is 106 Å². The number of nitrogens with zero attached hydrogens (tertiary/aromatic N) is 2. The smallest absolute Gasteiger partial charge is 0.169 e. The van der Waals surface area contributed by atoms with Gasteiger partial charge in [-0.2, -0.15) is 0 Å². The van der Waals surface area contributed by atoms with Crippen molar-refractivity contribution in [2.75, 3.05) is 5.73 Å². The highest BCUT2D eigenvalue weighted by Crippen LogP contribution is 2.30. The maximum absolute atomic E-state index is 6.11. The first-order chi connectivity index (χ1) is 8.16. The van der Waals surface area contributed by atoms with E-state index in [2.05, 4.69) is 20.9 Å². The fourth-order valence-corrected chi connectivity index (χ4v) is 2.21. The third-order valence-corrected chi connectivity index (χ3v) is 3.11. The van der Waals surface area contributed by atoms with Crippen LogP contribution in [0.15, 0.2) is 39.4 Å². The Kier molecular flexibility index (Phi) is 2.22. The molecule has 5 heteroatoms. The van der Waals surface area contributed by atoms with Gasteiger partial charge in [-0.3, -0.25) is 4.40 Å². The molecule has 0 aromatic carbocycles. The van der Waals surface area contributed by atoms with E-state index in [1.807, 2.05) is 41.7 Å². The zero-order chi connectivity index (χ0) is 12.0. The van der Waals surface area contributed by atoms with Crippen LogP contribution in [0, 0.1) is 6.92 Å². The normalized spacial score (nSPS) is 11.2. The first-order valence-electron chi connectivity index (χ1n) is 5.16. The number of aromatic nitrogens is 2. The van der Waals surface area contributed by atoms with E-state index in [0.717, 1.165) is 11.3 Å². The van der Waals surface area contributed by atoms with E-state index in [1.54, 1.807) is 0 Å². The minimum absolute atomic E-state index is 0.597. The van der Waals surface area contributed by atoms with E-state index >= 15 is 0 Å². The van der Waals surface area contributed by atoms with Gasteiger partial charge in [-0.05, 0) is 47.1 Å². The number of pyridine rings is 1. The van der Waals surface area contributed by atoms with Crippen LogP contribution in [0.3, 0.4) is 0 Å². The number of rotatable bonds is 1. The third-order valence-electron chi connectivity index (χ3n) is 2.68. The minimum Gasteiger partial charge on any atom is -0.448 e. The number of fused-ring (bicyclic) bond motifs is 1. The van der Waals surface area contributed by atoms with Gasteiger partial charge in [0.05, 0.1) is 0 Å². The van der Waals surface area contributed by atoms with Gasteiger partial charge >= 0.3 is 0 Å². The van der Waals surface area contributed by atoms with Gasteiger partial charge in [0.2, 0.25) is 0 Å². The molecule has 0 aliphatic rings. The van der Waals surface area contributed by atoms with Gasteiger partial charge in [0.25, 0.3) is 0 Å². The van der Waals surface area contributed by atoms with Crippen molar-refractivity contribution in [2.45, 2.75) is 6.92 Å². The van der Waals surface area contributed by atoms with Crippen molar-refractivity contribution in [2.24, 2.45) is 0 Å². The van der Waals surface area contributed by atoms with Crippen molar-refractivity contribution in [3.05, 3.63) is 40.7 Å². The molecular weight excluding hydrogens is 282 g/mol. The maximum Gasteiger partial charge on any atom is 0.169 e. The van der Waals surface area contributed by atoms with E-state index in [0.29, 0.717) is 21.9 Å². The van der Waals surface area contributed by atoms with Crippen LogP contribution < -0.4 is 5.73 Å². The van der Waals surface area contributed by atoms with Gasteiger partial charge in [-0.15, -0.1) is 0 Å². The number of halogens is 1. The topological polar surface area (TPSA) is 56.5 Å². The van der Waals surface area contributed by atoms with E-state index in [4.69, 9.17) is 10.2 Å². The number of hydrogen-bond acceptors (Lipinski definition) is 3. The molecule has 0 amide bonds. The second kappa shape index (κ2) is 3.63. The van der Waals surface area contributed by atoms with Gasteiger partial charge in [0.15, 0.2) is 10.4 Å². The highest BCUT2D eigenvalue weighted by molar-refractivity contribution is 9.10. The van der Waals surface area contributed by atoms with Crippen molar-refractivity contribution in [1.82, 2.24) is 9.38 Å². The van der Waals surface area contributed by atoms with Crippen LogP contribution in [0.5, 0.6) is 0 Å². The lowest BCUT2D eigenvalue weighted by atomic mass is 10.3. The summed E-state index contributed by atoms with van der Waals surface area (Å²) >= 11 is 3.27. The summed E-state index contributed by atoms with van der Waals surface area (Å²) in [7, 11) is 0. The van der Waals surface area contributed by atoms with Crippen LogP contribution in [-0.2, 0) is 0 Å². The van der Waals surface area contributed by atoms with E-state index in [9.17, 15) is 0 Å². The van der Waals surface area contributed by atoms with Gasteiger partial charge < -0.3 is 10.2 Å². The molecule has 3 aromatic rings.